The molecule has 2 aromatic rings. The lowest BCUT2D eigenvalue weighted by Crippen LogP contribution is -2.09. The molecule has 2 rings (SSSR count). The lowest BCUT2D eigenvalue weighted by atomic mass is 10.0. The van der Waals surface area contributed by atoms with Gasteiger partial charge in [0.05, 0.1) is 0 Å². The zero-order valence-electron chi connectivity index (χ0n) is 11.0. The van der Waals surface area contributed by atoms with Gasteiger partial charge < -0.3 is 9.15 Å². The number of hydrogen-bond acceptors (Lipinski definition) is 3. The second-order valence-electron chi connectivity index (χ2n) is 4.31. The lowest BCUT2D eigenvalue weighted by molar-refractivity contribution is 0.359. The van der Waals surface area contributed by atoms with E-state index in [0.29, 0.717) is 22.8 Å². The van der Waals surface area contributed by atoms with Gasteiger partial charge in [-0.1, -0.05) is 25.1 Å². The van der Waals surface area contributed by atoms with Crippen molar-refractivity contribution in [3.8, 4) is 5.75 Å². The Hall–Kier alpha value is -1.74. The molecule has 0 aliphatic heterocycles. The first-order valence-corrected chi connectivity index (χ1v) is 6.43. The molecule has 0 N–H and O–H groups in total. The third-order valence-corrected chi connectivity index (χ3v) is 3.12. The van der Waals surface area contributed by atoms with E-state index >= 15 is 0 Å². The summed E-state index contributed by atoms with van der Waals surface area (Å²) in [6.45, 7) is 7.64. The highest BCUT2D eigenvalue weighted by atomic mass is 35.5. The Morgan fingerprint density at radius 1 is 1.47 bits per heavy atom. The average molecular weight is 279 g/mol. The summed E-state index contributed by atoms with van der Waals surface area (Å²) in [5, 5.41) is 1.34. The van der Waals surface area contributed by atoms with Crippen molar-refractivity contribution in [1.82, 2.24) is 0 Å². The molecule has 0 spiro atoms. The zero-order chi connectivity index (χ0) is 14.0. The van der Waals surface area contributed by atoms with Crippen molar-refractivity contribution >= 4 is 22.6 Å². The van der Waals surface area contributed by atoms with E-state index in [1.807, 2.05) is 26.0 Å². The molecule has 3 nitrogen and oxygen atoms in total. The van der Waals surface area contributed by atoms with Crippen molar-refractivity contribution < 1.29 is 9.15 Å². The fraction of sp³-hybridized carbons (Fsp3) is 0.267. The number of benzene rings is 1. The van der Waals surface area contributed by atoms with Gasteiger partial charge in [0.25, 0.3) is 0 Å². The van der Waals surface area contributed by atoms with Crippen molar-refractivity contribution in [2.45, 2.75) is 20.3 Å². The smallest absolute Gasteiger partial charge is 0.339 e. The predicted octanol–water partition coefficient (Wildman–Crippen LogP) is 3.80. The summed E-state index contributed by atoms with van der Waals surface area (Å²) < 4.78 is 10.7. The van der Waals surface area contributed by atoms with Crippen LogP contribution in [0.25, 0.3) is 11.0 Å². The molecule has 1 heterocycles. The second kappa shape index (κ2) is 5.49. The highest BCUT2D eigenvalue weighted by Gasteiger charge is 2.10. The monoisotopic (exact) mass is 278 g/mol. The Kier molecular flexibility index (Phi) is 3.96. The Bertz CT molecular complexity index is 686. The van der Waals surface area contributed by atoms with Crippen LogP contribution in [0.15, 0.2) is 39.0 Å². The van der Waals surface area contributed by atoms with Crippen molar-refractivity contribution in [1.29, 1.82) is 0 Å². The van der Waals surface area contributed by atoms with E-state index in [1.54, 1.807) is 6.07 Å². The van der Waals surface area contributed by atoms with Gasteiger partial charge in [-0.2, -0.15) is 0 Å². The van der Waals surface area contributed by atoms with E-state index in [4.69, 9.17) is 20.8 Å². The van der Waals surface area contributed by atoms with Crippen LogP contribution < -0.4 is 10.4 Å². The highest BCUT2D eigenvalue weighted by molar-refractivity contribution is 6.29. The maximum absolute atomic E-state index is 11.8. The minimum Gasteiger partial charge on any atom is -0.488 e. The van der Waals surface area contributed by atoms with Gasteiger partial charge in [-0.25, -0.2) is 4.79 Å². The molecule has 0 aliphatic carbocycles. The third-order valence-electron chi connectivity index (χ3n) is 3.01. The summed E-state index contributed by atoms with van der Waals surface area (Å²) in [4.78, 5) is 11.8. The Morgan fingerprint density at radius 2 is 2.21 bits per heavy atom. The van der Waals surface area contributed by atoms with Crippen molar-refractivity contribution in [3.05, 3.63) is 51.4 Å². The van der Waals surface area contributed by atoms with Crippen LogP contribution >= 0.6 is 11.6 Å². The summed E-state index contributed by atoms with van der Waals surface area (Å²) in [6.07, 6.45) is 0.661. The number of rotatable bonds is 4. The van der Waals surface area contributed by atoms with E-state index < -0.39 is 0 Å². The molecule has 0 aliphatic rings. The van der Waals surface area contributed by atoms with Crippen molar-refractivity contribution in [2.75, 3.05) is 6.61 Å². The van der Waals surface area contributed by atoms with Gasteiger partial charge in [-0.3, -0.25) is 0 Å². The standard InChI is InChI=1S/C15H15ClO3/c1-4-12-10(3)13-6-5-11(18-8-9(2)16)7-14(13)19-15(12)17/h5-7H,2,4,8H2,1,3H3. The van der Waals surface area contributed by atoms with Crippen LogP contribution in [0, 0.1) is 6.92 Å². The SMILES string of the molecule is C=C(Cl)COc1ccc2c(C)c(CC)c(=O)oc2c1. The van der Waals surface area contributed by atoms with E-state index in [0.717, 1.165) is 16.5 Å². The first-order valence-electron chi connectivity index (χ1n) is 6.05. The van der Waals surface area contributed by atoms with Crippen LogP contribution in [-0.2, 0) is 6.42 Å². The molecule has 1 aromatic carbocycles. The van der Waals surface area contributed by atoms with Gasteiger partial charge in [-0.05, 0) is 31.0 Å². The van der Waals surface area contributed by atoms with Crippen molar-refractivity contribution in [3.63, 3.8) is 0 Å². The van der Waals surface area contributed by atoms with Crippen molar-refractivity contribution in [2.24, 2.45) is 0 Å². The molecule has 1 aromatic heterocycles. The Balaban J connectivity index is 2.50. The number of fused-ring (bicyclic) bond motifs is 1. The third kappa shape index (κ3) is 2.82. The number of hydrogen-bond donors (Lipinski definition) is 0. The number of ether oxygens (including phenoxy) is 1. The summed E-state index contributed by atoms with van der Waals surface area (Å²) in [5.74, 6) is 0.598. The Morgan fingerprint density at radius 3 is 2.84 bits per heavy atom. The van der Waals surface area contributed by atoms with E-state index in [1.165, 1.54) is 0 Å². The minimum absolute atomic E-state index is 0.226. The van der Waals surface area contributed by atoms with Gasteiger partial charge in [0, 0.05) is 22.0 Å². The molecule has 0 atom stereocenters. The Labute approximate surface area is 116 Å². The zero-order valence-corrected chi connectivity index (χ0v) is 11.7. The lowest BCUT2D eigenvalue weighted by Gasteiger charge is -2.08. The normalized spacial score (nSPS) is 10.7. The van der Waals surface area contributed by atoms with Gasteiger partial charge in [0.1, 0.15) is 17.9 Å². The molecule has 0 saturated heterocycles. The molecule has 0 amide bonds. The fourth-order valence-corrected chi connectivity index (χ4v) is 2.09. The summed E-state index contributed by atoms with van der Waals surface area (Å²) in [7, 11) is 0. The van der Waals surface area contributed by atoms with E-state index in [2.05, 4.69) is 6.58 Å². The summed E-state index contributed by atoms with van der Waals surface area (Å²) in [6, 6.07) is 5.41. The number of halogens is 1. The molecule has 0 unspecified atom stereocenters. The van der Waals surface area contributed by atoms with Gasteiger partial charge in [0.2, 0.25) is 0 Å². The quantitative estimate of drug-likeness (QED) is 0.799. The predicted molar refractivity (Wildman–Crippen MR) is 77.1 cm³/mol. The molecule has 4 heteroatoms. The van der Waals surface area contributed by atoms with Crippen LogP contribution in [-0.4, -0.2) is 6.61 Å². The van der Waals surface area contributed by atoms with E-state index in [-0.39, 0.29) is 12.2 Å². The summed E-state index contributed by atoms with van der Waals surface area (Å²) in [5.41, 5.74) is 1.92. The first kappa shape index (κ1) is 13.7. The second-order valence-corrected chi connectivity index (χ2v) is 4.85. The van der Waals surface area contributed by atoms with Gasteiger partial charge in [0.15, 0.2) is 0 Å². The van der Waals surface area contributed by atoms with Crippen LogP contribution in [0.5, 0.6) is 5.75 Å². The van der Waals surface area contributed by atoms with Gasteiger partial charge >= 0.3 is 5.63 Å². The average Bonchev–Trinajstić information content (AvgIpc) is 2.36. The number of aryl methyl sites for hydroxylation is 1. The molecule has 0 saturated carbocycles. The van der Waals surface area contributed by atoms with Gasteiger partial charge in [-0.15, -0.1) is 0 Å². The van der Waals surface area contributed by atoms with E-state index in [9.17, 15) is 4.79 Å². The maximum Gasteiger partial charge on any atom is 0.339 e. The molecular formula is C15H15ClO3. The topological polar surface area (TPSA) is 39.4 Å². The highest BCUT2D eigenvalue weighted by Crippen LogP contribution is 2.24. The maximum atomic E-state index is 11.8. The molecule has 0 radical (unpaired) electrons. The fourth-order valence-electron chi connectivity index (χ4n) is 2.03. The first-order chi connectivity index (χ1) is 9.02. The van der Waals surface area contributed by atoms with Crippen LogP contribution in [0.1, 0.15) is 18.1 Å². The summed E-state index contributed by atoms with van der Waals surface area (Å²) >= 11 is 5.64. The van der Waals surface area contributed by atoms with Crippen LogP contribution in [0.3, 0.4) is 0 Å². The van der Waals surface area contributed by atoms with Crippen LogP contribution in [0.4, 0.5) is 0 Å². The largest absolute Gasteiger partial charge is 0.488 e. The molecule has 100 valence electrons. The van der Waals surface area contributed by atoms with Crippen LogP contribution in [0.2, 0.25) is 0 Å². The molecule has 0 fully saturated rings. The molecule has 0 bridgehead atoms. The molecule has 19 heavy (non-hydrogen) atoms. The minimum atomic E-state index is -0.286. The molecular weight excluding hydrogens is 264 g/mol.